The Labute approximate surface area is 186 Å². The average molecular weight is 434 g/mol. The summed E-state index contributed by atoms with van der Waals surface area (Å²) in [7, 11) is 0. The summed E-state index contributed by atoms with van der Waals surface area (Å²) >= 11 is 6.06. The Bertz CT molecular complexity index is 1170. The highest BCUT2D eigenvalue weighted by atomic mass is 35.5. The minimum atomic E-state index is -0.486. The Kier molecular flexibility index (Phi) is 5.58. The van der Waals surface area contributed by atoms with Gasteiger partial charge in [-0.15, -0.1) is 0 Å². The highest BCUT2D eigenvalue weighted by molar-refractivity contribution is 6.30. The van der Waals surface area contributed by atoms with Crippen LogP contribution in [0.5, 0.6) is 0 Å². The van der Waals surface area contributed by atoms with Gasteiger partial charge in [-0.1, -0.05) is 37.6 Å². The molecule has 0 unspecified atom stereocenters. The van der Waals surface area contributed by atoms with Crippen LogP contribution in [0.25, 0.3) is 22.5 Å². The lowest BCUT2D eigenvalue weighted by molar-refractivity contribution is 0.0932. The lowest BCUT2D eigenvalue weighted by Crippen LogP contribution is -2.47. The minimum Gasteiger partial charge on any atom is -0.342 e. The first-order valence-corrected chi connectivity index (χ1v) is 10.6. The van der Waals surface area contributed by atoms with Gasteiger partial charge in [0, 0.05) is 27.9 Å². The zero-order chi connectivity index (χ0) is 22.2. The minimum absolute atomic E-state index is 0.179. The van der Waals surface area contributed by atoms with Gasteiger partial charge >= 0.3 is 0 Å². The van der Waals surface area contributed by atoms with Gasteiger partial charge in [-0.3, -0.25) is 9.79 Å². The SMILES string of the molecule is CC(C)c1ncncc1-c1cc(C(=O)NC(C)(C)C2=NC2)cc(-c2ccc(Cl)cc2)n1. The van der Waals surface area contributed by atoms with Crippen molar-refractivity contribution >= 4 is 23.2 Å². The third kappa shape index (κ3) is 4.64. The highest BCUT2D eigenvalue weighted by Crippen LogP contribution is 2.30. The maximum absolute atomic E-state index is 13.2. The van der Waals surface area contributed by atoms with E-state index in [1.54, 1.807) is 18.3 Å². The molecule has 0 spiro atoms. The fraction of sp³-hybridized carbons (Fsp3) is 0.292. The van der Waals surface area contributed by atoms with E-state index in [0.29, 0.717) is 28.5 Å². The number of amides is 1. The normalized spacial score (nSPS) is 13.2. The van der Waals surface area contributed by atoms with Crippen molar-refractivity contribution in [2.75, 3.05) is 6.54 Å². The van der Waals surface area contributed by atoms with Crippen LogP contribution < -0.4 is 5.32 Å². The summed E-state index contributed by atoms with van der Waals surface area (Å²) in [6.45, 7) is 8.76. The third-order valence-electron chi connectivity index (χ3n) is 5.26. The summed E-state index contributed by atoms with van der Waals surface area (Å²) in [5.41, 5.74) is 4.93. The monoisotopic (exact) mass is 433 g/mol. The molecule has 3 heterocycles. The van der Waals surface area contributed by atoms with E-state index in [9.17, 15) is 4.79 Å². The number of benzene rings is 1. The van der Waals surface area contributed by atoms with Gasteiger partial charge in [0.25, 0.3) is 5.91 Å². The molecular weight excluding hydrogens is 410 g/mol. The number of nitrogens with one attached hydrogen (secondary N) is 1. The maximum atomic E-state index is 13.2. The van der Waals surface area contributed by atoms with Crippen molar-refractivity contribution in [1.29, 1.82) is 0 Å². The third-order valence-corrected chi connectivity index (χ3v) is 5.51. The molecule has 0 fully saturated rings. The fourth-order valence-corrected chi connectivity index (χ4v) is 3.55. The molecule has 0 saturated carbocycles. The zero-order valence-corrected chi connectivity index (χ0v) is 18.7. The molecule has 158 valence electrons. The van der Waals surface area contributed by atoms with Crippen LogP contribution in [-0.4, -0.2) is 38.7 Å². The van der Waals surface area contributed by atoms with Crippen LogP contribution in [0.15, 0.2) is 53.9 Å². The highest BCUT2D eigenvalue weighted by Gasteiger charge is 2.32. The van der Waals surface area contributed by atoms with Crippen molar-refractivity contribution in [3.05, 3.63) is 65.2 Å². The van der Waals surface area contributed by atoms with E-state index in [0.717, 1.165) is 22.5 Å². The first-order chi connectivity index (χ1) is 14.7. The van der Waals surface area contributed by atoms with E-state index in [-0.39, 0.29) is 11.8 Å². The Morgan fingerprint density at radius 2 is 1.81 bits per heavy atom. The van der Waals surface area contributed by atoms with Crippen LogP contribution in [0.1, 0.15) is 49.7 Å². The molecule has 0 aliphatic carbocycles. The maximum Gasteiger partial charge on any atom is 0.252 e. The number of halogens is 1. The van der Waals surface area contributed by atoms with Crippen molar-refractivity contribution in [2.24, 2.45) is 4.99 Å². The number of carbonyl (C=O) groups excluding carboxylic acids is 1. The molecule has 0 atom stereocenters. The van der Waals surface area contributed by atoms with Gasteiger partial charge in [-0.2, -0.15) is 0 Å². The van der Waals surface area contributed by atoms with E-state index < -0.39 is 5.54 Å². The number of hydrogen-bond donors (Lipinski definition) is 1. The van der Waals surface area contributed by atoms with E-state index in [2.05, 4.69) is 34.1 Å². The second-order valence-corrected chi connectivity index (χ2v) is 8.89. The summed E-state index contributed by atoms with van der Waals surface area (Å²) in [4.78, 5) is 30.9. The first-order valence-electron chi connectivity index (χ1n) is 10.2. The summed E-state index contributed by atoms with van der Waals surface area (Å²) in [5, 5.41) is 3.73. The molecule has 6 nitrogen and oxygen atoms in total. The molecule has 1 aliphatic rings. The topological polar surface area (TPSA) is 80.1 Å². The molecule has 1 aromatic carbocycles. The van der Waals surface area contributed by atoms with Crippen LogP contribution in [0.2, 0.25) is 5.02 Å². The smallest absolute Gasteiger partial charge is 0.252 e. The van der Waals surface area contributed by atoms with Gasteiger partial charge in [-0.25, -0.2) is 15.0 Å². The Morgan fingerprint density at radius 1 is 1.13 bits per heavy atom. The van der Waals surface area contributed by atoms with E-state index in [1.807, 2.05) is 38.1 Å². The van der Waals surface area contributed by atoms with Crippen LogP contribution in [0.3, 0.4) is 0 Å². The molecule has 7 heteroatoms. The number of nitrogens with zero attached hydrogens (tertiary/aromatic N) is 4. The van der Waals surface area contributed by atoms with Crippen LogP contribution in [0, 0.1) is 0 Å². The van der Waals surface area contributed by atoms with Crippen molar-refractivity contribution in [3.63, 3.8) is 0 Å². The molecule has 2 aromatic heterocycles. The van der Waals surface area contributed by atoms with Crippen molar-refractivity contribution in [2.45, 2.75) is 39.2 Å². The first kappa shape index (κ1) is 21.1. The number of hydrogen-bond acceptors (Lipinski definition) is 5. The molecule has 3 aromatic rings. The number of aromatic nitrogens is 3. The summed E-state index contributed by atoms with van der Waals surface area (Å²) < 4.78 is 0. The largest absolute Gasteiger partial charge is 0.342 e. The molecule has 0 radical (unpaired) electrons. The van der Waals surface area contributed by atoms with E-state index >= 15 is 0 Å². The number of carbonyl (C=O) groups is 1. The fourth-order valence-electron chi connectivity index (χ4n) is 3.43. The van der Waals surface area contributed by atoms with Crippen LogP contribution in [-0.2, 0) is 0 Å². The van der Waals surface area contributed by atoms with Gasteiger partial charge in [0.2, 0.25) is 0 Å². The number of rotatable bonds is 6. The molecular formula is C24H24ClN5O. The average Bonchev–Trinajstić information content (AvgIpc) is 3.60. The Hall–Kier alpha value is -3.12. The van der Waals surface area contributed by atoms with Crippen molar-refractivity contribution < 1.29 is 4.79 Å². The molecule has 31 heavy (non-hydrogen) atoms. The summed E-state index contributed by atoms with van der Waals surface area (Å²) in [6.07, 6.45) is 3.29. The second-order valence-electron chi connectivity index (χ2n) is 8.45. The number of pyridine rings is 1. The molecule has 1 aliphatic heterocycles. The predicted octanol–water partition coefficient (Wildman–Crippen LogP) is 4.95. The molecule has 4 rings (SSSR count). The van der Waals surface area contributed by atoms with E-state index in [4.69, 9.17) is 16.6 Å². The molecule has 0 bridgehead atoms. The standard InChI is InChI=1S/C24H24ClN5O/c1-14(2)22-18(11-26-13-28-22)20-10-16(23(31)30-24(3,4)21-12-27-21)9-19(29-20)15-5-7-17(25)8-6-15/h5-11,13-14H,12H2,1-4H3,(H,30,31). The quantitative estimate of drug-likeness (QED) is 0.596. The van der Waals surface area contributed by atoms with Gasteiger partial charge in [0.15, 0.2) is 0 Å². The van der Waals surface area contributed by atoms with Crippen molar-refractivity contribution in [1.82, 2.24) is 20.3 Å². The lowest BCUT2D eigenvalue weighted by atomic mass is 9.98. The van der Waals surface area contributed by atoms with E-state index in [1.165, 1.54) is 6.33 Å². The summed E-state index contributed by atoms with van der Waals surface area (Å²) in [6, 6.07) is 11.0. The molecule has 0 saturated heterocycles. The lowest BCUT2D eigenvalue weighted by Gasteiger charge is -2.22. The van der Waals surface area contributed by atoms with Gasteiger partial charge < -0.3 is 5.32 Å². The predicted molar refractivity (Wildman–Crippen MR) is 124 cm³/mol. The summed E-state index contributed by atoms with van der Waals surface area (Å²) in [5.74, 6) is 0.00415. The Morgan fingerprint density at radius 3 is 2.45 bits per heavy atom. The molecule has 1 N–H and O–H groups in total. The van der Waals surface area contributed by atoms with Gasteiger partial charge in [0.05, 0.1) is 34.9 Å². The molecule has 1 amide bonds. The Balaban J connectivity index is 1.82. The number of aliphatic imine (C=N–C) groups is 1. The van der Waals surface area contributed by atoms with Crippen molar-refractivity contribution in [3.8, 4) is 22.5 Å². The second kappa shape index (κ2) is 8.19. The van der Waals surface area contributed by atoms with Gasteiger partial charge in [0.1, 0.15) is 6.33 Å². The van der Waals surface area contributed by atoms with Crippen LogP contribution in [0.4, 0.5) is 0 Å². The van der Waals surface area contributed by atoms with Gasteiger partial charge in [-0.05, 0) is 44.0 Å². The zero-order valence-electron chi connectivity index (χ0n) is 18.0. The van der Waals surface area contributed by atoms with Crippen LogP contribution >= 0.6 is 11.6 Å².